The number of hydrogen-bond acceptors (Lipinski definition) is 4. The summed E-state index contributed by atoms with van der Waals surface area (Å²) in [7, 11) is 0. The van der Waals surface area contributed by atoms with Crippen LogP contribution in [0.15, 0.2) is 35.5 Å². The number of rotatable bonds is 2. The van der Waals surface area contributed by atoms with Gasteiger partial charge in [-0.15, -0.1) is 0 Å². The van der Waals surface area contributed by atoms with E-state index < -0.39 is 5.97 Å². The van der Waals surface area contributed by atoms with Crippen molar-refractivity contribution in [1.29, 1.82) is 0 Å². The lowest BCUT2D eigenvalue weighted by atomic mass is 10.2. The van der Waals surface area contributed by atoms with Crippen LogP contribution in [0.25, 0.3) is 11.3 Å². The second-order valence-electron chi connectivity index (χ2n) is 2.63. The minimum atomic E-state index is -1.01. The van der Waals surface area contributed by atoms with Crippen LogP contribution in [-0.2, 0) is 0 Å². The molecule has 0 spiro atoms. The van der Waals surface area contributed by atoms with Crippen LogP contribution in [0.2, 0.25) is 0 Å². The number of pyridine rings is 1. The Morgan fingerprint density at radius 3 is 2.79 bits per heavy atom. The summed E-state index contributed by atoms with van der Waals surface area (Å²) >= 11 is 0. The largest absolute Gasteiger partial charge is 0.478 e. The van der Waals surface area contributed by atoms with Gasteiger partial charge in [-0.3, -0.25) is 4.98 Å². The number of hydrogen-bond donors (Lipinski definition) is 1. The molecule has 0 aliphatic rings. The highest BCUT2D eigenvalue weighted by Gasteiger charge is 2.07. The Morgan fingerprint density at radius 2 is 2.14 bits per heavy atom. The highest BCUT2D eigenvalue weighted by atomic mass is 16.4. The molecule has 1 N–H and O–H groups in total. The minimum Gasteiger partial charge on any atom is -0.478 e. The van der Waals surface area contributed by atoms with Crippen LogP contribution in [0.4, 0.5) is 0 Å². The van der Waals surface area contributed by atoms with Crippen molar-refractivity contribution in [3.63, 3.8) is 0 Å². The zero-order chi connectivity index (χ0) is 9.97. The average molecular weight is 190 g/mol. The van der Waals surface area contributed by atoms with Crippen LogP contribution in [0, 0.1) is 0 Å². The lowest BCUT2D eigenvalue weighted by molar-refractivity contribution is 0.0696. The zero-order valence-electron chi connectivity index (χ0n) is 7.04. The van der Waals surface area contributed by atoms with Gasteiger partial charge in [0, 0.05) is 18.0 Å². The van der Waals surface area contributed by atoms with E-state index in [1.807, 2.05) is 0 Å². The highest BCUT2D eigenvalue weighted by molar-refractivity contribution is 5.88. The summed E-state index contributed by atoms with van der Waals surface area (Å²) in [6.45, 7) is 0. The molecule has 14 heavy (non-hydrogen) atoms. The predicted octanol–water partition coefficient (Wildman–Crippen LogP) is 1.43. The van der Waals surface area contributed by atoms with E-state index in [0.29, 0.717) is 11.3 Å². The summed E-state index contributed by atoms with van der Waals surface area (Å²) in [5.74, 6) is -0.514. The van der Waals surface area contributed by atoms with Gasteiger partial charge in [0.25, 0.3) is 0 Å². The summed E-state index contributed by atoms with van der Waals surface area (Å²) in [6.07, 6.45) is 5.58. The number of aromatic nitrogens is 2. The van der Waals surface area contributed by atoms with Crippen molar-refractivity contribution in [1.82, 2.24) is 9.97 Å². The van der Waals surface area contributed by atoms with Gasteiger partial charge in [-0.05, 0) is 6.07 Å². The molecule has 0 bridgehead atoms. The van der Waals surface area contributed by atoms with Gasteiger partial charge in [-0.1, -0.05) is 0 Å². The normalized spacial score (nSPS) is 10.0. The van der Waals surface area contributed by atoms with E-state index in [4.69, 9.17) is 9.52 Å². The second kappa shape index (κ2) is 3.29. The molecule has 0 fully saturated rings. The monoisotopic (exact) mass is 190 g/mol. The summed E-state index contributed by atoms with van der Waals surface area (Å²) in [5, 5.41) is 8.72. The number of carbonyl (C=O) groups is 1. The van der Waals surface area contributed by atoms with Gasteiger partial charge in [0.2, 0.25) is 0 Å². The van der Waals surface area contributed by atoms with Crippen molar-refractivity contribution in [2.75, 3.05) is 0 Å². The third-order valence-electron chi connectivity index (χ3n) is 1.70. The van der Waals surface area contributed by atoms with Crippen molar-refractivity contribution in [3.05, 3.63) is 36.6 Å². The van der Waals surface area contributed by atoms with E-state index in [2.05, 4.69) is 9.97 Å². The quantitative estimate of drug-likeness (QED) is 0.775. The topological polar surface area (TPSA) is 76.2 Å². The molecule has 2 rings (SSSR count). The number of oxazole rings is 1. The van der Waals surface area contributed by atoms with E-state index in [1.54, 1.807) is 0 Å². The van der Waals surface area contributed by atoms with Gasteiger partial charge in [-0.25, -0.2) is 9.78 Å². The third-order valence-corrected chi connectivity index (χ3v) is 1.70. The number of carboxylic acids is 1. The zero-order valence-corrected chi connectivity index (χ0v) is 7.04. The van der Waals surface area contributed by atoms with Crippen molar-refractivity contribution in [2.45, 2.75) is 0 Å². The minimum absolute atomic E-state index is 0.124. The van der Waals surface area contributed by atoms with Crippen molar-refractivity contribution in [3.8, 4) is 11.3 Å². The maximum Gasteiger partial charge on any atom is 0.337 e. The lowest BCUT2D eigenvalue weighted by Crippen LogP contribution is -1.96. The SMILES string of the molecule is O=C(O)c1cncc(-c2cnco2)c1. The molecule has 2 aromatic rings. The smallest absolute Gasteiger partial charge is 0.337 e. The van der Waals surface area contributed by atoms with Gasteiger partial charge < -0.3 is 9.52 Å². The molecule has 0 aliphatic carbocycles. The van der Waals surface area contributed by atoms with Crippen molar-refractivity contribution < 1.29 is 14.3 Å². The average Bonchev–Trinajstić information content (AvgIpc) is 2.71. The summed E-state index contributed by atoms with van der Waals surface area (Å²) in [5.41, 5.74) is 0.723. The van der Waals surface area contributed by atoms with E-state index in [1.165, 1.54) is 31.1 Å². The summed E-state index contributed by atoms with van der Waals surface area (Å²) < 4.78 is 5.01. The summed E-state index contributed by atoms with van der Waals surface area (Å²) in [4.78, 5) is 18.2. The Labute approximate surface area is 79.0 Å². The fraction of sp³-hybridized carbons (Fsp3) is 0. The molecule has 2 aromatic heterocycles. The van der Waals surface area contributed by atoms with Gasteiger partial charge in [-0.2, -0.15) is 0 Å². The van der Waals surface area contributed by atoms with E-state index >= 15 is 0 Å². The van der Waals surface area contributed by atoms with Crippen LogP contribution in [0.3, 0.4) is 0 Å². The Morgan fingerprint density at radius 1 is 1.29 bits per heavy atom. The molecule has 0 aliphatic heterocycles. The fourth-order valence-corrected chi connectivity index (χ4v) is 1.05. The van der Waals surface area contributed by atoms with Crippen LogP contribution in [0.1, 0.15) is 10.4 Å². The van der Waals surface area contributed by atoms with Crippen LogP contribution >= 0.6 is 0 Å². The van der Waals surface area contributed by atoms with Gasteiger partial charge in [0.15, 0.2) is 12.2 Å². The summed E-state index contributed by atoms with van der Waals surface area (Å²) in [6, 6.07) is 1.48. The first kappa shape index (κ1) is 8.43. The van der Waals surface area contributed by atoms with E-state index in [0.717, 1.165) is 0 Å². The lowest BCUT2D eigenvalue weighted by Gasteiger charge is -1.96. The van der Waals surface area contributed by atoms with Crippen LogP contribution in [-0.4, -0.2) is 21.0 Å². The molecular formula is C9H6N2O3. The van der Waals surface area contributed by atoms with E-state index in [-0.39, 0.29) is 5.56 Å². The molecule has 0 radical (unpaired) electrons. The molecule has 70 valence electrons. The Bertz CT molecular complexity index is 451. The predicted molar refractivity (Wildman–Crippen MR) is 46.7 cm³/mol. The molecule has 2 heterocycles. The Kier molecular flexibility index (Phi) is 1.98. The molecule has 0 atom stereocenters. The molecule has 0 unspecified atom stereocenters. The second-order valence-corrected chi connectivity index (χ2v) is 2.63. The number of aromatic carboxylic acids is 1. The number of carboxylic acid groups (broad SMARTS) is 1. The van der Waals surface area contributed by atoms with Crippen LogP contribution in [0.5, 0.6) is 0 Å². The van der Waals surface area contributed by atoms with Crippen molar-refractivity contribution >= 4 is 5.97 Å². The molecule has 0 amide bonds. The van der Waals surface area contributed by atoms with Gasteiger partial charge in [0.05, 0.1) is 11.8 Å². The van der Waals surface area contributed by atoms with Crippen molar-refractivity contribution in [2.24, 2.45) is 0 Å². The molecule has 0 saturated heterocycles. The maximum atomic E-state index is 10.6. The maximum absolute atomic E-state index is 10.6. The highest BCUT2D eigenvalue weighted by Crippen LogP contribution is 2.18. The Balaban J connectivity index is 2.46. The standard InChI is InChI=1S/C9H6N2O3/c12-9(13)7-1-6(2-10-3-7)8-4-11-5-14-8/h1-5H,(H,12,13). The van der Waals surface area contributed by atoms with Crippen LogP contribution < -0.4 is 0 Å². The Hall–Kier alpha value is -2.17. The molecule has 0 aromatic carbocycles. The molecule has 5 nitrogen and oxygen atoms in total. The third kappa shape index (κ3) is 1.47. The number of nitrogens with zero attached hydrogens (tertiary/aromatic N) is 2. The molecule has 0 saturated carbocycles. The molecule has 5 heteroatoms. The van der Waals surface area contributed by atoms with E-state index in [9.17, 15) is 4.79 Å². The van der Waals surface area contributed by atoms with Gasteiger partial charge >= 0.3 is 5.97 Å². The first-order chi connectivity index (χ1) is 6.77. The van der Waals surface area contributed by atoms with Gasteiger partial charge in [0.1, 0.15) is 0 Å². The first-order valence-corrected chi connectivity index (χ1v) is 3.84. The first-order valence-electron chi connectivity index (χ1n) is 3.84. The fourth-order valence-electron chi connectivity index (χ4n) is 1.05. The molecular weight excluding hydrogens is 184 g/mol.